The SMILES string of the molecule is Cc1ccc(-c2c(C)c3c(c(C)c2C(OC(C)(C)C)C(=O)O)N(CC2CC2)Cc2ccccc2-3)cc1. The highest BCUT2D eigenvalue weighted by Gasteiger charge is 2.37. The van der Waals surface area contributed by atoms with Gasteiger partial charge in [0.2, 0.25) is 0 Å². The zero-order chi connectivity index (χ0) is 25.8. The van der Waals surface area contributed by atoms with Gasteiger partial charge < -0.3 is 14.7 Å². The summed E-state index contributed by atoms with van der Waals surface area (Å²) in [4.78, 5) is 15.3. The molecule has 0 radical (unpaired) electrons. The summed E-state index contributed by atoms with van der Waals surface area (Å²) in [5.74, 6) is -0.241. The van der Waals surface area contributed by atoms with Crippen LogP contribution in [0.15, 0.2) is 48.5 Å². The van der Waals surface area contributed by atoms with E-state index in [-0.39, 0.29) is 0 Å². The predicted molar refractivity (Wildman–Crippen MR) is 147 cm³/mol. The third-order valence-corrected chi connectivity index (χ3v) is 7.45. The number of nitrogens with zero attached hydrogens (tertiary/aromatic N) is 1. The molecule has 0 spiro atoms. The van der Waals surface area contributed by atoms with Crippen molar-refractivity contribution in [2.45, 2.75) is 72.6 Å². The lowest BCUT2D eigenvalue weighted by Gasteiger charge is -2.38. The number of hydrogen-bond acceptors (Lipinski definition) is 3. The highest BCUT2D eigenvalue weighted by molar-refractivity contribution is 5.96. The fourth-order valence-electron chi connectivity index (χ4n) is 5.69. The van der Waals surface area contributed by atoms with E-state index in [9.17, 15) is 9.90 Å². The van der Waals surface area contributed by atoms with E-state index in [1.807, 2.05) is 20.8 Å². The molecule has 5 rings (SSSR count). The molecule has 4 heteroatoms. The number of fused-ring (bicyclic) bond motifs is 3. The van der Waals surface area contributed by atoms with Crippen LogP contribution >= 0.6 is 0 Å². The van der Waals surface area contributed by atoms with Crippen LogP contribution in [0.1, 0.15) is 67.5 Å². The second-order valence-corrected chi connectivity index (χ2v) is 11.6. The van der Waals surface area contributed by atoms with Crippen molar-refractivity contribution in [3.8, 4) is 22.3 Å². The standard InChI is InChI=1S/C32H37NO3/c1-19-11-15-23(16-12-19)26-20(2)27-25-10-8-7-9-24(25)18-33(17-22-13-14-22)29(27)21(3)28(26)30(31(34)35)36-32(4,5)6/h7-12,15-16,22,30H,13-14,17-18H2,1-6H3,(H,34,35). The second-order valence-electron chi connectivity index (χ2n) is 11.6. The number of aryl methyl sites for hydroxylation is 1. The highest BCUT2D eigenvalue weighted by Crippen LogP contribution is 2.51. The van der Waals surface area contributed by atoms with E-state index in [4.69, 9.17) is 4.74 Å². The quantitative estimate of drug-likeness (QED) is 0.392. The molecule has 2 aliphatic rings. The molecule has 0 aromatic heterocycles. The van der Waals surface area contributed by atoms with Gasteiger partial charge in [-0.1, -0.05) is 54.1 Å². The maximum atomic E-state index is 12.8. The summed E-state index contributed by atoms with van der Waals surface area (Å²) in [6, 6.07) is 17.1. The van der Waals surface area contributed by atoms with E-state index in [0.717, 1.165) is 40.9 Å². The smallest absolute Gasteiger partial charge is 0.337 e. The predicted octanol–water partition coefficient (Wildman–Crippen LogP) is 7.62. The third kappa shape index (κ3) is 4.55. The number of ether oxygens (including phenoxy) is 1. The molecule has 1 heterocycles. The normalized spacial score (nSPS) is 15.9. The van der Waals surface area contributed by atoms with Gasteiger partial charge in [0, 0.05) is 29.9 Å². The van der Waals surface area contributed by atoms with Gasteiger partial charge in [-0.15, -0.1) is 0 Å². The molecular weight excluding hydrogens is 446 g/mol. The first-order valence-corrected chi connectivity index (χ1v) is 13.0. The van der Waals surface area contributed by atoms with Crippen LogP contribution in [-0.2, 0) is 16.1 Å². The number of benzene rings is 3. The zero-order valence-corrected chi connectivity index (χ0v) is 22.3. The van der Waals surface area contributed by atoms with Crippen LogP contribution in [0.5, 0.6) is 0 Å². The van der Waals surface area contributed by atoms with Gasteiger partial charge >= 0.3 is 5.97 Å². The number of anilines is 1. The van der Waals surface area contributed by atoms with Crippen LogP contribution in [0.4, 0.5) is 5.69 Å². The minimum absolute atomic E-state index is 0.607. The summed E-state index contributed by atoms with van der Waals surface area (Å²) < 4.78 is 6.28. The van der Waals surface area contributed by atoms with Gasteiger partial charge in [0.15, 0.2) is 6.10 Å². The number of rotatable bonds is 6. The first kappa shape index (κ1) is 24.6. The van der Waals surface area contributed by atoms with Crippen LogP contribution in [0, 0.1) is 26.7 Å². The van der Waals surface area contributed by atoms with Gasteiger partial charge in [-0.3, -0.25) is 0 Å². The first-order valence-electron chi connectivity index (χ1n) is 13.0. The van der Waals surface area contributed by atoms with Gasteiger partial charge in [-0.05, 0) is 93.7 Å². The number of carbonyl (C=O) groups is 1. The summed E-state index contributed by atoms with van der Waals surface area (Å²) >= 11 is 0. The van der Waals surface area contributed by atoms with E-state index in [0.29, 0.717) is 5.92 Å². The largest absolute Gasteiger partial charge is 0.479 e. The summed E-state index contributed by atoms with van der Waals surface area (Å²) in [6.07, 6.45) is 1.47. The van der Waals surface area contributed by atoms with Crippen molar-refractivity contribution in [2.75, 3.05) is 11.4 Å². The monoisotopic (exact) mass is 483 g/mol. The van der Waals surface area contributed by atoms with Crippen LogP contribution in [0.3, 0.4) is 0 Å². The first-order chi connectivity index (χ1) is 17.0. The number of aliphatic carboxylic acids is 1. The van der Waals surface area contributed by atoms with E-state index in [1.165, 1.54) is 40.8 Å². The molecule has 1 atom stereocenters. The van der Waals surface area contributed by atoms with E-state index in [1.54, 1.807) is 0 Å². The summed E-state index contributed by atoms with van der Waals surface area (Å²) in [5.41, 5.74) is 10.5. The minimum Gasteiger partial charge on any atom is -0.479 e. The van der Waals surface area contributed by atoms with Gasteiger partial charge in [-0.2, -0.15) is 0 Å². The molecule has 3 aromatic carbocycles. The molecule has 0 saturated heterocycles. The van der Waals surface area contributed by atoms with Crippen LogP contribution in [-0.4, -0.2) is 23.2 Å². The number of carboxylic acid groups (broad SMARTS) is 1. The third-order valence-electron chi connectivity index (χ3n) is 7.45. The zero-order valence-electron chi connectivity index (χ0n) is 22.3. The Bertz CT molecular complexity index is 1310. The van der Waals surface area contributed by atoms with Crippen molar-refractivity contribution < 1.29 is 14.6 Å². The molecular formula is C32H37NO3. The molecule has 1 saturated carbocycles. The summed E-state index contributed by atoms with van der Waals surface area (Å²) in [7, 11) is 0. The average Bonchev–Trinajstić information content (AvgIpc) is 3.63. The Morgan fingerprint density at radius 2 is 1.67 bits per heavy atom. The lowest BCUT2D eigenvalue weighted by Crippen LogP contribution is -2.32. The van der Waals surface area contributed by atoms with Crippen LogP contribution < -0.4 is 4.90 Å². The van der Waals surface area contributed by atoms with E-state index in [2.05, 4.69) is 74.2 Å². The van der Waals surface area contributed by atoms with Gasteiger partial charge in [0.05, 0.1) is 5.60 Å². The molecule has 1 fully saturated rings. The van der Waals surface area contributed by atoms with Gasteiger partial charge in [0.25, 0.3) is 0 Å². The van der Waals surface area contributed by atoms with Crippen molar-refractivity contribution in [2.24, 2.45) is 5.92 Å². The molecule has 1 unspecified atom stereocenters. The van der Waals surface area contributed by atoms with Crippen molar-refractivity contribution in [1.29, 1.82) is 0 Å². The fraction of sp³-hybridized carbons (Fsp3) is 0.406. The Hall–Kier alpha value is -3.11. The lowest BCUT2D eigenvalue weighted by atomic mass is 9.79. The van der Waals surface area contributed by atoms with E-state index >= 15 is 0 Å². The summed E-state index contributed by atoms with van der Waals surface area (Å²) in [5, 5.41) is 10.5. The van der Waals surface area contributed by atoms with Crippen LogP contribution in [0.2, 0.25) is 0 Å². The van der Waals surface area contributed by atoms with Crippen molar-refractivity contribution in [3.05, 3.63) is 76.3 Å². The maximum absolute atomic E-state index is 12.8. The Balaban J connectivity index is 1.85. The summed E-state index contributed by atoms with van der Waals surface area (Å²) in [6.45, 7) is 13.9. The molecule has 1 aliphatic heterocycles. The second kappa shape index (κ2) is 9.08. The topological polar surface area (TPSA) is 49.8 Å². The number of hydrogen-bond donors (Lipinski definition) is 1. The molecule has 0 bridgehead atoms. The Labute approximate surface area is 214 Å². The fourth-order valence-corrected chi connectivity index (χ4v) is 5.69. The molecule has 4 nitrogen and oxygen atoms in total. The van der Waals surface area contributed by atoms with Crippen LogP contribution in [0.25, 0.3) is 22.3 Å². The van der Waals surface area contributed by atoms with Crippen molar-refractivity contribution in [3.63, 3.8) is 0 Å². The van der Waals surface area contributed by atoms with Gasteiger partial charge in [-0.25, -0.2) is 4.79 Å². The molecule has 1 aliphatic carbocycles. The van der Waals surface area contributed by atoms with Crippen molar-refractivity contribution in [1.82, 2.24) is 0 Å². The van der Waals surface area contributed by atoms with Gasteiger partial charge in [0.1, 0.15) is 0 Å². The Morgan fingerprint density at radius 1 is 1.00 bits per heavy atom. The maximum Gasteiger partial charge on any atom is 0.337 e. The Morgan fingerprint density at radius 3 is 2.28 bits per heavy atom. The van der Waals surface area contributed by atoms with Crippen molar-refractivity contribution >= 4 is 11.7 Å². The number of carboxylic acids is 1. The molecule has 1 N–H and O–H groups in total. The highest BCUT2D eigenvalue weighted by atomic mass is 16.5. The van der Waals surface area contributed by atoms with E-state index < -0.39 is 17.7 Å². The minimum atomic E-state index is -1.06. The molecule has 3 aromatic rings. The molecule has 36 heavy (non-hydrogen) atoms. The lowest BCUT2D eigenvalue weighted by molar-refractivity contribution is -0.160. The molecule has 0 amide bonds. The Kier molecular flexibility index (Phi) is 6.20. The average molecular weight is 484 g/mol. The molecule has 188 valence electrons.